The number of nitrogen functional groups attached to an aromatic ring is 1. The van der Waals surface area contributed by atoms with Crippen molar-refractivity contribution in [2.24, 2.45) is 0 Å². The molecule has 0 unspecified atom stereocenters. The van der Waals surface area contributed by atoms with Crippen LogP contribution >= 0.6 is 11.6 Å². The van der Waals surface area contributed by atoms with Gasteiger partial charge in [0, 0.05) is 29.9 Å². The van der Waals surface area contributed by atoms with Crippen LogP contribution in [0.25, 0.3) is 0 Å². The number of aromatic amines is 1. The van der Waals surface area contributed by atoms with Crippen LogP contribution in [0.3, 0.4) is 0 Å². The van der Waals surface area contributed by atoms with Gasteiger partial charge in [-0.15, -0.1) is 0 Å². The zero-order valence-electron chi connectivity index (χ0n) is 10.2. The Balaban J connectivity index is 2.39. The van der Waals surface area contributed by atoms with Crippen LogP contribution < -0.4 is 16.2 Å². The molecule has 0 fully saturated rings. The van der Waals surface area contributed by atoms with Crippen LogP contribution in [0, 0.1) is 0 Å². The van der Waals surface area contributed by atoms with Crippen molar-refractivity contribution in [1.29, 1.82) is 0 Å². The van der Waals surface area contributed by atoms with E-state index in [2.05, 4.69) is 4.98 Å². The Kier molecular flexibility index (Phi) is 3.57. The number of carbonyl (C=O) groups excluding carboxylic acids is 1. The lowest BCUT2D eigenvalue weighted by Gasteiger charge is -2.19. The highest BCUT2D eigenvalue weighted by Gasteiger charge is 2.16. The maximum atomic E-state index is 12.2. The fourth-order valence-electron chi connectivity index (χ4n) is 1.69. The quantitative estimate of drug-likeness (QED) is 0.823. The Morgan fingerprint density at radius 1 is 1.32 bits per heavy atom. The number of rotatable bonds is 2. The molecule has 1 aromatic heterocycles. The van der Waals surface area contributed by atoms with Crippen LogP contribution in [-0.2, 0) is 0 Å². The third-order valence-corrected chi connectivity index (χ3v) is 2.92. The molecule has 0 saturated heterocycles. The number of nitrogens with zero attached hydrogens (tertiary/aromatic N) is 1. The number of pyridine rings is 1. The molecule has 0 aliphatic carbocycles. The number of hydrogen-bond donors (Lipinski definition) is 2. The molecule has 0 aliphatic heterocycles. The summed E-state index contributed by atoms with van der Waals surface area (Å²) >= 11 is 5.89. The molecule has 1 heterocycles. The van der Waals surface area contributed by atoms with Gasteiger partial charge in [-0.05, 0) is 24.3 Å². The third kappa shape index (κ3) is 2.77. The summed E-state index contributed by atoms with van der Waals surface area (Å²) < 4.78 is 0. The van der Waals surface area contributed by atoms with Gasteiger partial charge in [-0.25, -0.2) is 0 Å². The first-order valence-corrected chi connectivity index (χ1v) is 5.88. The fraction of sp³-hybridized carbons (Fsp3) is 0.0769. The predicted molar refractivity (Wildman–Crippen MR) is 75.7 cm³/mol. The zero-order chi connectivity index (χ0) is 14.0. The number of carbonyl (C=O) groups is 1. The van der Waals surface area contributed by atoms with E-state index in [1.54, 1.807) is 25.2 Å². The second kappa shape index (κ2) is 5.16. The molecule has 0 bridgehead atoms. The van der Waals surface area contributed by atoms with Crippen molar-refractivity contribution >= 4 is 28.9 Å². The van der Waals surface area contributed by atoms with Crippen LogP contribution in [0.15, 0.2) is 41.3 Å². The molecule has 5 nitrogen and oxygen atoms in total. The zero-order valence-corrected chi connectivity index (χ0v) is 10.9. The van der Waals surface area contributed by atoms with Gasteiger partial charge in [0.15, 0.2) is 0 Å². The number of aromatic nitrogens is 1. The number of nitrogens with two attached hydrogens (primary N) is 1. The molecule has 0 aliphatic rings. The monoisotopic (exact) mass is 277 g/mol. The highest BCUT2D eigenvalue weighted by molar-refractivity contribution is 6.31. The van der Waals surface area contributed by atoms with Gasteiger partial charge in [-0.2, -0.15) is 0 Å². The molecule has 2 aromatic rings. The van der Waals surface area contributed by atoms with Crippen LogP contribution in [0.4, 0.5) is 11.4 Å². The second-order valence-electron chi connectivity index (χ2n) is 4.01. The molecule has 98 valence electrons. The number of halogens is 1. The van der Waals surface area contributed by atoms with Crippen molar-refractivity contribution in [2.75, 3.05) is 17.7 Å². The summed E-state index contributed by atoms with van der Waals surface area (Å²) in [6, 6.07) is 7.63. The van der Waals surface area contributed by atoms with E-state index in [0.29, 0.717) is 16.4 Å². The minimum absolute atomic E-state index is 0.283. The maximum Gasteiger partial charge on any atom is 0.258 e. The molecule has 3 N–H and O–H groups in total. The van der Waals surface area contributed by atoms with Crippen LogP contribution in [0.2, 0.25) is 5.02 Å². The first-order valence-electron chi connectivity index (χ1n) is 5.51. The van der Waals surface area contributed by atoms with Crippen molar-refractivity contribution < 1.29 is 4.79 Å². The number of hydrogen-bond acceptors (Lipinski definition) is 3. The molecule has 0 atom stereocenters. The lowest BCUT2D eigenvalue weighted by molar-refractivity contribution is 0.0993. The summed E-state index contributed by atoms with van der Waals surface area (Å²) in [6.45, 7) is 0. The Labute approximate surface area is 114 Å². The first kappa shape index (κ1) is 13.2. The standard InChI is InChI=1S/C13H12ClN3O2/c1-17(11-7-9(14)2-3-10(11)15)13(19)8-4-5-16-12(18)6-8/h2-7H,15H2,1H3,(H,16,18). The normalized spacial score (nSPS) is 10.2. The van der Waals surface area contributed by atoms with Gasteiger partial charge < -0.3 is 15.6 Å². The average Bonchev–Trinajstić information content (AvgIpc) is 2.40. The van der Waals surface area contributed by atoms with Crippen molar-refractivity contribution in [3.8, 4) is 0 Å². The minimum atomic E-state index is -0.335. The molecule has 1 amide bonds. The summed E-state index contributed by atoms with van der Waals surface area (Å²) in [7, 11) is 1.57. The number of amides is 1. The van der Waals surface area contributed by atoms with Gasteiger partial charge in [0.25, 0.3) is 5.91 Å². The van der Waals surface area contributed by atoms with Crippen molar-refractivity contribution in [3.05, 3.63) is 57.5 Å². The molecule has 2 rings (SSSR count). The lowest BCUT2D eigenvalue weighted by atomic mass is 10.2. The summed E-state index contributed by atoms with van der Waals surface area (Å²) in [5, 5.41) is 0.481. The van der Waals surface area contributed by atoms with Gasteiger partial charge in [0.2, 0.25) is 5.56 Å². The van der Waals surface area contributed by atoms with Gasteiger partial charge >= 0.3 is 0 Å². The number of anilines is 2. The average molecular weight is 278 g/mol. The van der Waals surface area contributed by atoms with Gasteiger partial charge in [0.05, 0.1) is 11.4 Å². The van der Waals surface area contributed by atoms with E-state index in [1.165, 1.54) is 23.2 Å². The summed E-state index contributed by atoms with van der Waals surface area (Å²) in [5.41, 5.74) is 6.70. The van der Waals surface area contributed by atoms with E-state index < -0.39 is 0 Å². The largest absolute Gasteiger partial charge is 0.397 e. The molecule has 0 saturated carbocycles. The summed E-state index contributed by atoms with van der Waals surface area (Å²) in [6.07, 6.45) is 1.42. The first-order chi connectivity index (χ1) is 8.99. The smallest absolute Gasteiger partial charge is 0.258 e. The molecule has 0 radical (unpaired) electrons. The topological polar surface area (TPSA) is 79.2 Å². The third-order valence-electron chi connectivity index (χ3n) is 2.68. The SMILES string of the molecule is CN(C(=O)c1cc[nH]c(=O)c1)c1cc(Cl)ccc1N. The fourth-order valence-corrected chi connectivity index (χ4v) is 1.85. The van der Waals surface area contributed by atoms with E-state index in [-0.39, 0.29) is 17.0 Å². The highest BCUT2D eigenvalue weighted by Crippen LogP contribution is 2.26. The van der Waals surface area contributed by atoms with Gasteiger partial charge in [0.1, 0.15) is 0 Å². The Bertz CT molecular complexity index is 682. The predicted octanol–water partition coefficient (Wildman–Crippen LogP) is 1.89. The molecular weight excluding hydrogens is 266 g/mol. The molecular formula is C13H12ClN3O2. The van der Waals surface area contributed by atoms with Crippen molar-refractivity contribution in [3.63, 3.8) is 0 Å². The van der Waals surface area contributed by atoms with Crippen molar-refractivity contribution in [1.82, 2.24) is 4.98 Å². The highest BCUT2D eigenvalue weighted by atomic mass is 35.5. The van der Waals surface area contributed by atoms with Gasteiger partial charge in [-0.1, -0.05) is 11.6 Å². The van der Waals surface area contributed by atoms with E-state index >= 15 is 0 Å². The summed E-state index contributed by atoms with van der Waals surface area (Å²) in [4.78, 5) is 27.2. The second-order valence-corrected chi connectivity index (χ2v) is 4.45. The van der Waals surface area contributed by atoms with E-state index in [0.717, 1.165) is 0 Å². The number of benzene rings is 1. The van der Waals surface area contributed by atoms with Crippen molar-refractivity contribution in [2.45, 2.75) is 0 Å². The molecule has 19 heavy (non-hydrogen) atoms. The molecule has 6 heteroatoms. The minimum Gasteiger partial charge on any atom is -0.397 e. The number of nitrogens with one attached hydrogen (secondary N) is 1. The lowest BCUT2D eigenvalue weighted by Crippen LogP contribution is -2.28. The number of H-pyrrole nitrogens is 1. The Morgan fingerprint density at radius 3 is 2.74 bits per heavy atom. The van der Waals surface area contributed by atoms with E-state index in [9.17, 15) is 9.59 Å². The molecule has 1 aromatic carbocycles. The van der Waals surface area contributed by atoms with Crippen LogP contribution in [0.5, 0.6) is 0 Å². The van der Waals surface area contributed by atoms with E-state index in [1.807, 2.05) is 0 Å². The maximum absolute atomic E-state index is 12.2. The van der Waals surface area contributed by atoms with Crippen LogP contribution in [0.1, 0.15) is 10.4 Å². The Hall–Kier alpha value is -2.27. The van der Waals surface area contributed by atoms with E-state index in [4.69, 9.17) is 17.3 Å². The molecule has 0 spiro atoms. The van der Waals surface area contributed by atoms with Gasteiger partial charge in [-0.3, -0.25) is 9.59 Å². The van der Waals surface area contributed by atoms with Crippen LogP contribution in [-0.4, -0.2) is 17.9 Å². The summed E-state index contributed by atoms with van der Waals surface area (Å²) in [5.74, 6) is -0.333. The Morgan fingerprint density at radius 2 is 2.05 bits per heavy atom.